The molecule has 0 spiro atoms. The van der Waals surface area contributed by atoms with Crippen LogP contribution in [0.4, 0.5) is 5.69 Å². The van der Waals surface area contributed by atoms with Crippen LogP contribution in [0.1, 0.15) is 47.8 Å². The van der Waals surface area contributed by atoms with Gasteiger partial charge in [-0.1, -0.05) is 24.4 Å². The Morgan fingerprint density at radius 2 is 1.92 bits per heavy atom. The molecule has 1 aromatic carbocycles. The number of halogens is 1. The molecule has 1 amide bonds. The van der Waals surface area contributed by atoms with Gasteiger partial charge in [-0.15, -0.1) is 0 Å². The van der Waals surface area contributed by atoms with Crippen molar-refractivity contribution >= 4 is 23.2 Å². The van der Waals surface area contributed by atoms with Gasteiger partial charge in [-0.3, -0.25) is 4.79 Å². The van der Waals surface area contributed by atoms with Gasteiger partial charge in [0, 0.05) is 43.2 Å². The summed E-state index contributed by atoms with van der Waals surface area (Å²) in [4.78, 5) is 19.4. The maximum absolute atomic E-state index is 12.4. The number of amides is 1. The van der Waals surface area contributed by atoms with E-state index >= 15 is 0 Å². The summed E-state index contributed by atoms with van der Waals surface area (Å²) in [5.74, 6) is 1.55. The summed E-state index contributed by atoms with van der Waals surface area (Å²) in [7, 11) is 0. The molecule has 138 valence electrons. The van der Waals surface area contributed by atoms with Crippen molar-refractivity contribution < 1.29 is 9.21 Å². The van der Waals surface area contributed by atoms with E-state index in [1.807, 2.05) is 0 Å². The second-order valence-electron chi connectivity index (χ2n) is 7.30. The summed E-state index contributed by atoms with van der Waals surface area (Å²) in [5, 5.41) is 3.44. The minimum Gasteiger partial charge on any atom is -0.437 e. The normalized spacial score (nSPS) is 18.5. The molecule has 1 aromatic heterocycles. The van der Waals surface area contributed by atoms with Gasteiger partial charge in [-0.25, -0.2) is 4.98 Å². The van der Waals surface area contributed by atoms with Crippen molar-refractivity contribution in [2.24, 2.45) is 5.92 Å². The Bertz CT molecular complexity index is 740. The molecule has 0 bridgehead atoms. The topological polar surface area (TPSA) is 58.4 Å². The summed E-state index contributed by atoms with van der Waals surface area (Å²) in [6.07, 6.45) is 7.17. The smallest absolute Gasteiger partial charge is 0.311 e. The summed E-state index contributed by atoms with van der Waals surface area (Å²) < 4.78 is 5.79. The number of nitrogens with one attached hydrogen (secondary N) is 1. The maximum atomic E-state index is 12.4. The number of oxazole rings is 1. The van der Waals surface area contributed by atoms with E-state index in [9.17, 15) is 4.79 Å². The lowest BCUT2D eigenvalue weighted by molar-refractivity contribution is 0.0988. The number of carbonyl (C=O) groups excluding carboxylic acids is 1. The molecule has 2 aliphatic rings. The van der Waals surface area contributed by atoms with E-state index in [1.54, 1.807) is 24.3 Å². The second kappa shape index (κ2) is 7.80. The van der Waals surface area contributed by atoms with Crippen LogP contribution in [0, 0.1) is 5.92 Å². The third-order valence-electron chi connectivity index (χ3n) is 5.39. The Morgan fingerprint density at radius 1 is 1.19 bits per heavy atom. The van der Waals surface area contributed by atoms with Gasteiger partial charge in [-0.05, 0) is 43.0 Å². The molecular weight excluding hydrogens is 350 g/mol. The Hall–Kier alpha value is -1.85. The predicted molar refractivity (Wildman–Crippen MR) is 102 cm³/mol. The Balaban J connectivity index is 1.37. The first-order chi connectivity index (χ1) is 12.7. The lowest BCUT2D eigenvalue weighted by Crippen LogP contribution is -2.31. The molecule has 1 aliphatic carbocycles. The summed E-state index contributed by atoms with van der Waals surface area (Å²) in [6.45, 7) is 3.17. The van der Waals surface area contributed by atoms with Crippen LogP contribution in [-0.4, -0.2) is 35.4 Å². The average Bonchev–Trinajstić information content (AvgIpc) is 3.25. The minimum absolute atomic E-state index is 0.147. The first-order valence-electron chi connectivity index (χ1n) is 9.45. The molecule has 4 rings (SSSR count). The van der Waals surface area contributed by atoms with Gasteiger partial charge in [0.25, 0.3) is 5.89 Å². The number of rotatable bonds is 4. The third kappa shape index (κ3) is 4.10. The van der Waals surface area contributed by atoms with Crippen LogP contribution in [0.2, 0.25) is 5.02 Å². The van der Waals surface area contributed by atoms with Crippen LogP contribution in [0.15, 0.2) is 28.7 Å². The van der Waals surface area contributed by atoms with Crippen molar-refractivity contribution in [3.05, 3.63) is 46.6 Å². The first kappa shape index (κ1) is 17.6. The van der Waals surface area contributed by atoms with E-state index in [-0.39, 0.29) is 11.8 Å². The van der Waals surface area contributed by atoms with Gasteiger partial charge < -0.3 is 14.6 Å². The minimum atomic E-state index is -0.316. The van der Waals surface area contributed by atoms with E-state index in [0.29, 0.717) is 10.7 Å². The van der Waals surface area contributed by atoms with E-state index in [1.165, 1.54) is 32.2 Å². The molecule has 26 heavy (non-hydrogen) atoms. The lowest BCUT2D eigenvalue weighted by Gasteiger charge is -2.23. The van der Waals surface area contributed by atoms with Gasteiger partial charge in [0.05, 0.1) is 5.69 Å². The molecule has 1 N–H and O–H groups in total. The van der Waals surface area contributed by atoms with Crippen LogP contribution in [0.25, 0.3) is 0 Å². The second-order valence-corrected chi connectivity index (χ2v) is 7.74. The van der Waals surface area contributed by atoms with Crippen molar-refractivity contribution in [1.29, 1.82) is 0 Å². The highest BCUT2D eigenvalue weighted by Crippen LogP contribution is 2.26. The zero-order valence-corrected chi connectivity index (χ0v) is 15.6. The number of aromatic nitrogens is 1. The number of nitrogens with zero attached hydrogens (tertiary/aromatic N) is 2. The fourth-order valence-corrected chi connectivity index (χ4v) is 4.09. The Kier molecular flexibility index (Phi) is 5.27. The van der Waals surface area contributed by atoms with Gasteiger partial charge in [0.2, 0.25) is 0 Å². The summed E-state index contributed by atoms with van der Waals surface area (Å²) in [6, 6.07) is 6.99. The molecule has 5 nitrogen and oxygen atoms in total. The fraction of sp³-hybridized carbons (Fsp3) is 0.500. The van der Waals surface area contributed by atoms with Crippen LogP contribution in [0.3, 0.4) is 0 Å². The van der Waals surface area contributed by atoms with Gasteiger partial charge in [-0.2, -0.15) is 0 Å². The van der Waals surface area contributed by atoms with Crippen molar-refractivity contribution in [2.45, 2.75) is 38.5 Å². The molecule has 0 unspecified atom stereocenters. The first-order valence-corrected chi connectivity index (χ1v) is 9.83. The van der Waals surface area contributed by atoms with Crippen molar-refractivity contribution in [2.75, 3.05) is 25.0 Å². The third-order valence-corrected chi connectivity index (χ3v) is 5.64. The van der Waals surface area contributed by atoms with Crippen LogP contribution in [-0.2, 0) is 12.8 Å². The van der Waals surface area contributed by atoms with Gasteiger partial charge in [0.1, 0.15) is 5.76 Å². The SMILES string of the molecule is O=C(Nc1ccc(Cl)cc1)c1nc2c(o1)CCN(CC1CCCC1)CC2. The van der Waals surface area contributed by atoms with Crippen LogP contribution < -0.4 is 5.32 Å². The van der Waals surface area contributed by atoms with Crippen LogP contribution >= 0.6 is 11.6 Å². The molecule has 1 fully saturated rings. The number of carbonyl (C=O) groups is 1. The Labute approximate surface area is 158 Å². The Morgan fingerprint density at radius 3 is 2.69 bits per heavy atom. The molecule has 0 saturated heterocycles. The molecule has 1 aliphatic heterocycles. The van der Waals surface area contributed by atoms with E-state index < -0.39 is 0 Å². The van der Waals surface area contributed by atoms with E-state index in [0.717, 1.165) is 43.3 Å². The van der Waals surface area contributed by atoms with E-state index in [2.05, 4.69) is 15.2 Å². The molecule has 0 atom stereocenters. The fourth-order valence-electron chi connectivity index (χ4n) is 3.97. The molecular formula is C20H24ClN3O2. The summed E-state index contributed by atoms with van der Waals surface area (Å²) in [5.41, 5.74) is 1.61. The highest BCUT2D eigenvalue weighted by molar-refractivity contribution is 6.30. The molecule has 2 heterocycles. The van der Waals surface area contributed by atoms with Crippen molar-refractivity contribution in [3.8, 4) is 0 Å². The van der Waals surface area contributed by atoms with E-state index in [4.69, 9.17) is 16.0 Å². The van der Waals surface area contributed by atoms with Crippen molar-refractivity contribution in [1.82, 2.24) is 9.88 Å². The zero-order valence-electron chi connectivity index (χ0n) is 14.8. The predicted octanol–water partition coefficient (Wildman–Crippen LogP) is 4.17. The number of hydrogen-bond acceptors (Lipinski definition) is 4. The highest BCUT2D eigenvalue weighted by atomic mass is 35.5. The molecule has 6 heteroatoms. The van der Waals surface area contributed by atoms with Gasteiger partial charge >= 0.3 is 5.91 Å². The zero-order chi connectivity index (χ0) is 17.9. The lowest BCUT2D eigenvalue weighted by atomic mass is 10.1. The quantitative estimate of drug-likeness (QED) is 0.873. The highest BCUT2D eigenvalue weighted by Gasteiger charge is 2.25. The van der Waals surface area contributed by atoms with Crippen LogP contribution in [0.5, 0.6) is 0 Å². The van der Waals surface area contributed by atoms with Gasteiger partial charge in [0.15, 0.2) is 0 Å². The number of fused-ring (bicyclic) bond motifs is 1. The number of anilines is 1. The average molecular weight is 374 g/mol. The number of benzene rings is 1. The maximum Gasteiger partial charge on any atom is 0.311 e. The summed E-state index contributed by atoms with van der Waals surface area (Å²) >= 11 is 5.87. The molecule has 1 saturated carbocycles. The standard InChI is InChI=1S/C20H24ClN3O2/c21-15-5-7-16(8-6-15)22-19(25)20-23-17-9-11-24(12-10-18(17)26-20)13-14-3-1-2-4-14/h5-8,14H,1-4,9-13H2,(H,22,25). The largest absolute Gasteiger partial charge is 0.437 e. The molecule has 2 aromatic rings. The monoisotopic (exact) mass is 373 g/mol. The molecule has 0 radical (unpaired) electrons. The number of hydrogen-bond donors (Lipinski definition) is 1. The van der Waals surface area contributed by atoms with Crippen molar-refractivity contribution in [3.63, 3.8) is 0 Å².